The maximum Gasteiger partial charge on any atom is 0.306 e. The van der Waals surface area contributed by atoms with E-state index in [0.717, 1.165) is 51.4 Å². The van der Waals surface area contributed by atoms with Crippen LogP contribution in [0.3, 0.4) is 0 Å². The van der Waals surface area contributed by atoms with E-state index in [4.69, 9.17) is 9.84 Å². The van der Waals surface area contributed by atoms with Crippen LogP contribution in [0.4, 0.5) is 0 Å². The third-order valence-electron chi connectivity index (χ3n) is 8.58. The van der Waals surface area contributed by atoms with Crippen molar-refractivity contribution in [3.63, 3.8) is 0 Å². The molecule has 0 saturated carbocycles. The van der Waals surface area contributed by atoms with E-state index >= 15 is 0 Å². The molecule has 0 aromatic rings. The lowest BCUT2D eigenvalue weighted by molar-refractivity contribution is -0.150. The Bertz CT molecular complexity index is 547. The summed E-state index contributed by atoms with van der Waals surface area (Å²) in [6.45, 7) is 4.54. The molecule has 0 bridgehead atoms. The van der Waals surface area contributed by atoms with E-state index in [2.05, 4.69) is 13.8 Å². The van der Waals surface area contributed by atoms with Gasteiger partial charge in [-0.3, -0.25) is 9.59 Å². The molecule has 0 aliphatic heterocycles. The maximum absolute atomic E-state index is 12.6. The molecule has 0 rings (SSSR count). The Balaban J connectivity index is 3.98. The predicted octanol–water partition coefficient (Wildman–Crippen LogP) is 12.5. The largest absolute Gasteiger partial charge is 0.481 e. The highest BCUT2D eigenvalue weighted by Crippen LogP contribution is 2.19. The quantitative estimate of drug-likeness (QED) is 0.0607. The van der Waals surface area contributed by atoms with Crippen LogP contribution in [0.5, 0.6) is 0 Å². The van der Waals surface area contributed by atoms with Crippen molar-refractivity contribution >= 4 is 11.9 Å². The van der Waals surface area contributed by atoms with Crippen LogP contribution < -0.4 is 0 Å². The molecule has 0 fully saturated rings. The van der Waals surface area contributed by atoms with Gasteiger partial charge in [0.05, 0.1) is 0 Å². The van der Waals surface area contributed by atoms with Gasteiger partial charge in [0.2, 0.25) is 0 Å². The summed E-state index contributed by atoms with van der Waals surface area (Å²) in [5.74, 6) is -0.641. The topological polar surface area (TPSA) is 63.6 Å². The molecule has 0 aliphatic rings. The van der Waals surface area contributed by atoms with Crippen molar-refractivity contribution in [3.05, 3.63) is 0 Å². The van der Waals surface area contributed by atoms with E-state index in [1.54, 1.807) is 0 Å². The summed E-state index contributed by atoms with van der Waals surface area (Å²) < 4.78 is 6.01. The summed E-state index contributed by atoms with van der Waals surface area (Å²) in [7, 11) is 0. The summed E-state index contributed by atoms with van der Waals surface area (Å²) in [5, 5.41) is 8.71. The second kappa shape index (κ2) is 33.4. The van der Waals surface area contributed by atoms with Crippen LogP contribution >= 0.6 is 0 Å². The van der Waals surface area contributed by atoms with Gasteiger partial charge in [0.25, 0.3) is 0 Å². The van der Waals surface area contributed by atoms with Gasteiger partial charge in [0.1, 0.15) is 6.10 Å². The molecule has 0 aliphatic carbocycles. The van der Waals surface area contributed by atoms with Gasteiger partial charge in [-0.15, -0.1) is 0 Å². The van der Waals surface area contributed by atoms with Gasteiger partial charge in [-0.1, -0.05) is 168 Å². The zero-order valence-electron chi connectivity index (χ0n) is 27.9. The van der Waals surface area contributed by atoms with Gasteiger partial charge < -0.3 is 9.84 Å². The standard InChI is InChI=1S/C37H72O4/c1-3-5-7-9-11-12-13-14-18-22-26-30-34-37(40)41-35(31-27-23-19-10-8-6-4-2)32-28-24-20-16-15-17-21-25-29-33-36(38)39/h35H,3-34H2,1-2H3,(H,38,39). The monoisotopic (exact) mass is 581 g/mol. The number of ether oxygens (including phenoxy) is 1. The Labute approximate surface area is 256 Å². The lowest BCUT2D eigenvalue weighted by Gasteiger charge is -2.18. The molecule has 0 heterocycles. The van der Waals surface area contributed by atoms with Crippen LogP contribution in [0, 0.1) is 0 Å². The molecule has 0 aromatic heterocycles. The van der Waals surface area contributed by atoms with E-state index in [0.29, 0.717) is 12.8 Å². The number of carboxylic acid groups (broad SMARTS) is 1. The van der Waals surface area contributed by atoms with Crippen molar-refractivity contribution in [3.8, 4) is 0 Å². The second-order valence-electron chi connectivity index (χ2n) is 12.8. The van der Waals surface area contributed by atoms with E-state index < -0.39 is 5.97 Å². The van der Waals surface area contributed by atoms with Gasteiger partial charge in [-0.2, -0.15) is 0 Å². The number of carbonyl (C=O) groups is 2. The van der Waals surface area contributed by atoms with E-state index in [1.807, 2.05) is 0 Å². The van der Waals surface area contributed by atoms with Crippen molar-refractivity contribution in [2.75, 3.05) is 0 Å². The molecule has 4 nitrogen and oxygen atoms in total. The fraction of sp³-hybridized carbons (Fsp3) is 0.946. The van der Waals surface area contributed by atoms with Crippen LogP contribution in [0.25, 0.3) is 0 Å². The van der Waals surface area contributed by atoms with Crippen LogP contribution in [0.2, 0.25) is 0 Å². The number of carboxylic acids is 1. The van der Waals surface area contributed by atoms with Crippen molar-refractivity contribution < 1.29 is 19.4 Å². The Kier molecular flexibility index (Phi) is 32.6. The smallest absolute Gasteiger partial charge is 0.306 e. The molecule has 0 aromatic carbocycles. The second-order valence-corrected chi connectivity index (χ2v) is 12.8. The zero-order chi connectivity index (χ0) is 30.1. The molecular weight excluding hydrogens is 508 g/mol. The highest BCUT2D eigenvalue weighted by molar-refractivity contribution is 5.69. The lowest BCUT2D eigenvalue weighted by Crippen LogP contribution is -2.18. The van der Waals surface area contributed by atoms with Crippen molar-refractivity contribution in [1.29, 1.82) is 0 Å². The van der Waals surface area contributed by atoms with Gasteiger partial charge in [-0.25, -0.2) is 0 Å². The first kappa shape index (κ1) is 39.9. The first-order chi connectivity index (χ1) is 20.1. The minimum atomic E-state index is -0.676. The predicted molar refractivity (Wildman–Crippen MR) is 177 cm³/mol. The molecule has 244 valence electrons. The maximum atomic E-state index is 12.6. The molecule has 1 unspecified atom stereocenters. The van der Waals surface area contributed by atoms with Gasteiger partial charge >= 0.3 is 11.9 Å². The Morgan fingerprint density at radius 2 is 0.732 bits per heavy atom. The summed E-state index contributed by atoms with van der Waals surface area (Å²) >= 11 is 0. The minimum Gasteiger partial charge on any atom is -0.481 e. The van der Waals surface area contributed by atoms with E-state index in [9.17, 15) is 9.59 Å². The summed E-state index contributed by atoms with van der Waals surface area (Å²) in [6.07, 6.45) is 38.4. The third-order valence-corrected chi connectivity index (χ3v) is 8.58. The number of aliphatic carboxylic acids is 1. The van der Waals surface area contributed by atoms with E-state index in [-0.39, 0.29) is 12.1 Å². The fourth-order valence-corrected chi connectivity index (χ4v) is 5.83. The van der Waals surface area contributed by atoms with Crippen LogP contribution in [-0.2, 0) is 14.3 Å². The lowest BCUT2D eigenvalue weighted by atomic mass is 10.0. The average Bonchev–Trinajstić information content (AvgIpc) is 2.95. The number of unbranched alkanes of at least 4 members (excludes halogenated alkanes) is 25. The Hall–Kier alpha value is -1.06. The van der Waals surface area contributed by atoms with Crippen LogP contribution in [0.1, 0.15) is 219 Å². The molecule has 1 N–H and O–H groups in total. The van der Waals surface area contributed by atoms with Crippen molar-refractivity contribution in [2.45, 2.75) is 225 Å². The number of rotatable bonds is 34. The van der Waals surface area contributed by atoms with Crippen LogP contribution in [0.15, 0.2) is 0 Å². The highest BCUT2D eigenvalue weighted by atomic mass is 16.5. The molecule has 0 amide bonds. The van der Waals surface area contributed by atoms with Gasteiger partial charge in [-0.05, 0) is 38.5 Å². The fourth-order valence-electron chi connectivity index (χ4n) is 5.83. The zero-order valence-corrected chi connectivity index (χ0v) is 27.9. The average molecular weight is 581 g/mol. The van der Waals surface area contributed by atoms with Crippen LogP contribution in [-0.4, -0.2) is 23.1 Å². The molecule has 1 atom stereocenters. The molecular formula is C37H72O4. The first-order valence-electron chi connectivity index (χ1n) is 18.5. The SMILES string of the molecule is CCCCCCCCCCCCCCC(=O)OC(CCCCCCCCC)CCCCCCCCCCCC(=O)O. The highest BCUT2D eigenvalue weighted by Gasteiger charge is 2.14. The number of hydrogen-bond acceptors (Lipinski definition) is 3. The summed E-state index contributed by atoms with van der Waals surface area (Å²) in [6, 6.07) is 0. The minimum absolute atomic E-state index is 0.0351. The molecule has 4 heteroatoms. The van der Waals surface area contributed by atoms with E-state index in [1.165, 1.54) is 141 Å². The Morgan fingerprint density at radius 1 is 0.439 bits per heavy atom. The number of carbonyl (C=O) groups excluding carboxylic acids is 1. The summed E-state index contributed by atoms with van der Waals surface area (Å²) in [4.78, 5) is 23.2. The molecule has 0 saturated heterocycles. The van der Waals surface area contributed by atoms with Gasteiger partial charge in [0, 0.05) is 12.8 Å². The van der Waals surface area contributed by atoms with Crippen molar-refractivity contribution in [1.82, 2.24) is 0 Å². The van der Waals surface area contributed by atoms with Gasteiger partial charge in [0.15, 0.2) is 0 Å². The Morgan fingerprint density at radius 3 is 1.07 bits per heavy atom. The molecule has 0 radical (unpaired) electrons. The molecule has 0 spiro atoms. The molecule has 41 heavy (non-hydrogen) atoms. The number of esters is 1. The third kappa shape index (κ3) is 33.3. The number of hydrogen-bond donors (Lipinski definition) is 1. The summed E-state index contributed by atoms with van der Waals surface area (Å²) in [5.41, 5.74) is 0. The normalized spacial score (nSPS) is 12.0. The van der Waals surface area contributed by atoms with Crippen molar-refractivity contribution in [2.24, 2.45) is 0 Å². The first-order valence-corrected chi connectivity index (χ1v) is 18.5.